The molecule has 0 N–H and O–H groups in total. The summed E-state index contributed by atoms with van der Waals surface area (Å²) in [5, 5.41) is 0.363. The molecule has 7 heteroatoms. The Balaban J connectivity index is 2.82. The Hall–Kier alpha value is -1.40. The van der Waals surface area contributed by atoms with Gasteiger partial charge in [0.15, 0.2) is 0 Å². The number of halogens is 4. The molecule has 0 fully saturated rings. The van der Waals surface area contributed by atoms with Crippen LogP contribution in [0.1, 0.15) is 18.0 Å². The first-order chi connectivity index (χ1) is 9.34. The summed E-state index contributed by atoms with van der Waals surface area (Å²) in [6, 6.07) is 2.98. The van der Waals surface area contributed by atoms with Crippen molar-refractivity contribution in [3.05, 3.63) is 41.7 Å². The zero-order valence-corrected chi connectivity index (χ0v) is 11.2. The van der Waals surface area contributed by atoms with E-state index in [9.17, 15) is 18.0 Å². The second-order valence-electron chi connectivity index (χ2n) is 4.05. The summed E-state index contributed by atoms with van der Waals surface area (Å²) in [7, 11) is 0. The largest absolute Gasteiger partial charge is 0.449 e. The molecule has 1 atom stereocenters. The van der Waals surface area contributed by atoms with E-state index in [0.29, 0.717) is 10.7 Å². The Morgan fingerprint density at radius 3 is 2.70 bits per heavy atom. The topological polar surface area (TPSA) is 39.2 Å². The molecule has 1 rings (SSSR count). The number of hydrogen-bond donors (Lipinski definition) is 0. The number of pyridine rings is 1. The third-order valence-electron chi connectivity index (χ3n) is 2.47. The number of hydrogen-bond acceptors (Lipinski definition) is 3. The molecule has 0 aromatic carbocycles. The molecule has 3 nitrogen and oxygen atoms in total. The van der Waals surface area contributed by atoms with Crippen LogP contribution >= 0.6 is 11.6 Å². The normalized spacial score (nSPS) is 13.0. The smallest absolute Gasteiger partial charge is 0.377 e. The van der Waals surface area contributed by atoms with Crippen molar-refractivity contribution < 1.29 is 22.7 Å². The minimum Gasteiger partial charge on any atom is -0.377 e. The maximum Gasteiger partial charge on any atom is 0.449 e. The Kier molecular flexibility index (Phi) is 6.16. The third kappa shape index (κ3) is 5.30. The van der Waals surface area contributed by atoms with Crippen LogP contribution < -0.4 is 0 Å². The van der Waals surface area contributed by atoms with Gasteiger partial charge in [-0.25, -0.2) is 0 Å². The lowest BCUT2D eigenvalue weighted by atomic mass is 9.98. The second kappa shape index (κ2) is 7.40. The fraction of sp³-hybridized carbons (Fsp3) is 0.385. The van der Waals surface area contributed by atoms with Crippen molar-refractivity contribution in [2.24, 2.45) is 0 Å². The van der Waals surface area contributed by atoms with Crippen molar-refractivity contribution in [1.29, 1.82) is 0 Å². The summed E-state index contributed by atoms with van der Waals surface area (Å²) in [6.45, 7) is 3.57. The number of carbonyl (C=O) groups is 1. The van der Waals surface area contributed by atoms with E-state index in [1.165, 1.54) is 24.4 Å². The van der Waals surface area contributed by atoms with Gasteiger partial charge in [-0.05, 0) is 12.1 Å². The van der Waals surface area contributed by atoms with Gasteiger partial charge in [0.05, 0.1) is 18.2 Å². The van der Waals surface area contributed by atoms with Crippen LogP contribution in [-0.4, -0.2) is 30.2 Å². The summed E-state index contributed by atoms with van der Waals surface area (Å²) in [6.07, 6.45) is -2.79. The molecule has 0 unspecified atom stereocenters. The van der Waals surface area contributed by atoms with Crippen LogP contribution in [-0.2, 0) is 9.53 Å². The van der Waals surface area contributed by atoms with Gasteiger partial charge < -0.3 is 4.74 Å². The number of nitrogens with zero attached hydrogens (tertiary/aromatic N) is 1. The van der Waals surface area contributed by atoms with Crippen LogP contribution in [0.5, 0.6) is 0 Å². The third-order valence-corrected chi connectivity index (χ3v) is 2.69. The molecule has 20 heavy (non-hydrogen) atoms. The van der Waals surface area contributed by atoms with Crippen LogP contribution in [0.4, 0.5) is 13.2 Å². The zero-order valence-electron chi connectivity index (χ0n) is 10.5. The first-order valence-electron chi connectivity index (χ1n) is 5.74. The van der Waals surface area contributed by atoms with Gasteiger partial charge in [-0.2, -0.15) is 13.2 Å². The highest BCUT2D eigenvalue weighted by Gasteiger charge is 2.39. The molecule has 0 bridgehead atoms. The molecule has 0 saturated carbocycles. The summed E-state index contributed by atoms with van der Waals surface area (Å²) in [5.41, 5.74) is 0.330. The van der Waals surface area contributed by atoms with E-state index in [1.54, 1.807) is 0 Å². The molecule has 1 aromatic heterocycles. The van der Waals surface area contributed by atoms with E-state index < -0.39 is 24.3 Å². The van der Waals surface area contributed by atoms with Crippen LogP contribution in [0.25, 0.3) is 0 Å². The van der Waals surface area contributed by atoms with E-state index >= 15 is 0 Å². The van der Waals surface area contributed by atoms with Gasteiger partial charge in [0.2, 0.25) is 5.78 Å². The molecule has 0 saturated heterocycles. The Morgan fingerprint density at radius 1 is 1.50 bits per heavy atom. The lowest BCUT2D eigenvalue weighted by Crippen LogP contribution is -2.26. The van der Waals surface area contributed by atoms with E-state index in [0.717, 1.165) is 0 Å². The first-order valence-corrected chi connectivity index (χ1v) is 6.12. The first kappa shape index (κ1) is 16.7. The quantitative estimate of drug-likeness (QED) is 0.571. The van der Waals surface area contributed by atoms with Crippen LogP contribution in [0.15, 0.2) is 31.0 Å². The molecule has 0 spiro atoms. The summed E-state index contributed by atoms with van der Waals surface area (Å²) in [4.78, 5) is 15.0. The van der Waals surface area contributed by atoms with Gasteiger partial charge in [0, 0.05) is 24.2 Å². The van der Waals surface area contributed by atoms with Crippen LogP contribution in [0.3, 0.4) is 0 Å². The van der Waals surface area contributed by atoms with Gasteiger partial charge in [-0.1, -0.05) is 17.7 Å². The maximum atomic E-state index is 12.3. The maximum absolute atomic E-state index is 12.3. The fourth-order valence-corrected chi connectivity index (χ4v) is 1.62. The molecule has 0 aliphatic rings. The molecule has 0 aliphatic carbocycles. The van der Waals surface area contributed by atoms with E-state index in [4.69, 9.17) is 16.3 Å². The van der Waals surface area contributed by atoms with Crippen molar-refractivity contribution in [3.63, 3.8) is 0 Å². The molecular weight excluding hydrogens is 295 g/mol. The van der Waals surface area contributed by atoms with Gasteiger partial charge in [-0.3, -0.25) is 9.78 Å². The predicted octanol–water partition coefficient (Wildman–Crippen LogP) is 3.54. The average Bonchev–Trinajstić information content (AvgIpc) is 2.37. The fourth-order valence-electron chi connectivity index (χ4n) is 1.51. The SMILES string of the molecule is C=CCOC[C@H](CC(=O)C(F)(F)F)c1ccc(Cl)cn1. The molecular formula is C13H13ClF3NO2. The van der Waals surface area contributed by atoms with Crippen LogP contribution in [0.2, 0.25) is 5.02 Å². The number of ether oxygens (including phenoxy) is 1. The molecule has 0 amide bonds. The number of alkyl halides is 3. The minimum absolute atomic E-state index is 0.0531. The van der Waals surface area contributed by atoms with Gasteiger partial charge >= 0.3 is 6.18 Å². The van der Waals surface area contributed by atoms with E-state index in [2.05, 4.69) is 11.6 Å². The number of carbonyl (C=O) groups excluding carboxylic acids is 1. The Labute approximate surface area is 119 Å². The van der Waals surface area contributed by atoms with Crippen molar-refractivity contribution in [2.75, 3.05) is 13.2 Å². The molecule has 0 aliphatic heterocycles. The Morgan fingerprint density at radius 2 is 2.20 bits per heavy atom. The lowest BCUT2D eigenvalue weighted by molar-refractivity contribution is -0.171. The minimum atomic E-state index is -4.86. The molecule has 110 valence electrons. The van der Waals surface area contributed by atoms with Crippen molar-refractivity contribution in [1.82, 2.24) is 4.98 Å². The lowest BCUT2D eigenvalue weighted by Gasteiger charge is -2.16. The zero-order chi connectivity index (χ0) is 15.2. The molecule has 0 radical (unpaired) electrons. The molecule has 1 aromatic rings. The monoisotopic (exact) mass is 307 g/mol. The second-order valence-corrected chi connectivity index (χ2v) is 4.49. The van der Waals surface area contributed by atoms with Gasteiger partial charge in [0.1, 0.15) is 0 Å². The number of rotatable bonds is 7. The standard InChI is InChI=1S/C13H13ClF3NO2/c1-2-5-20-8-9(6-12(19)13(15,16)17)11-4-3-10(14)7-18-11/h2-4,7,9H,1,5-6,8H2/t9-/m0/s1. The van der Waals surface area contributed by atoms with Gasteiger partial charge in [0.25, 0.3) is 0 Å². The van der Waals surface area contributed by atoms with Gasteiger partial charge in [-0.15, -0.1) is 6.58 Å². The summed E-state index contributed by atoms with van der Waals surface area (Å²) < 4.78 is 42.1. The summed E-state index contributed by atoms with van der Waals surface area (Å²) in [5.74, 6) is -2.58. The highest BCUT2D eigenvalue weighted by Crippen LogP contribution is 2.26. The predicted molar refractivity (Wildman–Crippen MR) is 68.7 cm³/mol. The van der Waals surface area contributed by atoms with E-state index in [-0.39, 0.29) is 13.2 Å². The highest BCUT2D eigenvalue weighted by molar-refractivity contribution is 6.30. The highest BCUT2D eigenvalue weighted by atomic mass is 35.5. The average molecular weight is 308 g/mol. The molecule has 1 heterocycles. The van der Waals surface area contributed by atoms with Crippen LogP contribution in [0, 0.1) is 0 Å². The van der Waals surface area contributed by atoms with Crippen molar-refractivity contribution >= 4 is 17.4 Å². The Bertz CT molecular complexity index is 460. The van der Waals surface area contributed by atoms with E-state index in [1.807, 2.05) is 0 Å². The summed E-state index contributed by atoms with van der Waals surface area (Å²) >= 11 is 5.67. The number of aromatic nitrogens is 1. The van der Waals surface area contributed by atoms with Crippen molar-refractivity contribution in [2.45, 2.75) is 18.5 Å². The van der Waals surface area contributed by atoms with Crippen molar-refractivity contribution in [3.8, 4) is 0 Å². The number of Topliss-reactive ketones (excluding diaryl/α,β-unsaturated/α-hetero) is 1. The number of ketones is 1.